The first kappa shape index (κ1) is 25.1. The van der Waals surface area contributed by atoms with E-state index in [0.717, 1.165) is 47.8 Å². The van der Waals surface area contributed by atoms with Gasteiger partial charge < -0.3 is 0 Å². The number of hydrogen-bond donors (Lipinski definition) is 0. The topological polar surface area (TPSA) is 48.8 Å². The zero-order chi connectivity index (χ0) is 23.3. The summed E-state index contributed by atoms with van der Waals surface area (Å²) in [6.45, 7) is 14.9. The Hall–Kier alpha value is 0.0400. The van der Waals surface area contributed by atoms with Crippen molar-refractivity contribution in [2.24, 2.45) is 57.4 Å². The van der Waals surface area contributed by atoms with Gasteiger partial charge in [0.25, 0.3) is 0 Å². The second-order valence-electron chi connectivity index (χ2n) is 13.6. The lowest BCUT2D eigenvalue weighted by molar-refractivity contribution is -0.120. The van der Waals surface area contributed by atoms with Crippen molar-refractivity contribution in [1.82, 2.24) is 0 Å². The van der Waals surface area contributed by atoms with Crippen LogP contribution in [0.25, 0.3) is 10.4 Å². The van der Waals surface area contributed by atoms with Crippen LogP contribution >= 0.6 is 22.6 Å². The van der Waals surface area contributed by atoms with E-state index in [9.17, 15) is 5.53 Å². The molecule has 0 aliphatic heterocycles. The molecular formula is C28H48IN3. The molecule has 3 nitrogen and oxygen atoms in total. The molecule has 10 atom stereocenters. The molecule has 0 bridgehead atoms. The molecule has 4 fully saturated rings. The van der Waals surface area contributed by atoms with Gasteiger partial charge in [0, 0.05) is 8.84 Å². The van der Waals surface area contributed by atoms with Crippen LogP contribution in [0.4, 0.5) is 0 Å². The van der Waals surface area contributed by atoms with E-state index in [0.29, 0.717) is 14.8 Å². The number of alkyl halides is 1. The van der Waals surface area contributed by atoms with Crippen LogP contribution in [0.15, 0.2) is 5.11 Å². The minimum absolute atomic E-state index is 0.195. The summed E-state index contributed by atoms with van der Waals surface area (Å²) in [5.74, 6) is 6.21. The van der Waals surface area contributed by atoms with Crippen molar-refractivity contribution in [3.63, 3.8) is 0 Å². The van der Waals surface area contributed by atoms with E-state index in [4.69, 9.17) is 0 Å². The van der Waals surface area contributed by atoms with Crippen molar-refractivity contribution in [2.75, 3.05) is 0 Å². The van der Waals surface area contributed by atoms with Crippen molar-refractivity contribution < 1.29 is 0 Å². The van der Waals surface area contributed by atoms with Crippen molar-refractivity contribution in [1.29, 1.82) is 0 Å². The van der Waals surface area contributed by atoms with Gasteiger partial charge in [0.15, 0.2) is 0 Å². The van der Waals surface area contributed by atoms with Crippen molar-refractivity contribution in [2.45, 2.75) is 122 Å². The normalized spacial score (nSPS) is 49.0. The first-order valence-corrected chi connectivity index (χ1v) is 15.0. The van der Waals surface area contributed by atoms with Gasteiger partial charge in [-0.25, -0.2) is 0 Å². The number of azide groups is 1. The molecule has 0 unspecified atom stereocenters. The summed E-state index contributed by atoms with van der Waals surface area (Å²) in [4.78, 5) is 3.25. The Kier molecular flexibility index (Phi) is 7.26. The van der Waals surface area contributed by atoms with Gasteiger partial charge in [0.2, 0.25) is 0 Å². The summed E-state index contributed by atoms with van der Waals surface area (Å²) in [7, 11) is 0. The molecule has 0 aromatic heterocycles. The smallest absolute Gasteiger partial charge is 0.0580 e. The summed E-state index contributed by atoms with van der Waals surface area (Å²) in [6.07, 6.45) is 15.3. The first-order chi connectivity index (χ1) is 15.0. The summed E-state index contributed by atoms with van der Waals surface area (Å²) in [5.41, 5.74) is 10.0. The Morgan fingerprint density at radius 2 is 1.66 bits per heavy atom. The average Bonchev–Trinajstić information content (AvgIpc) is 3.06. The van der Waals surface area contributed by atoms with E-state index in [1.54, 1.807) is 0 Å². The monoisotopic (exact) mass is 553 g/mol. The molecule has 4 heteroatoms. The molecule has 32 heavy (non-hydrogen) atoms. The minimum Gasteiger partial charge on any atom is -0.0865 e. The van der Waals surface area contributed by atoms with Crippen LogP contribution in [0.3, 0.4) is 0 Å². The molecule has 0 radical (unpaired) electrons. The van der Waals surface area contributed by atoms with Crippen LogP contribution in [0, 0.1) is 52.3 Å². The zero-order valence-corrected chi connectivity index (χ0v) is 23.8. The molecular weight excluding hydrogens is 505 g/mol. The van der Waals surface area contributed by atoms with E-state index >= 15 is 0 Å². The van der Waals surface area contributed by atoms with Crippen LogP contribution < -0.4 is 0 Å². The summed E-state index contributed by atoms with van der Waals surface area (Å²) < 4.78 is 0.460. The Bertz CT molecular complexity index is 732. The van der Waals surface area contributed by atoms with E-state index < -0.39 is 0 Å². The minimum atomic E-state index is -0.195. The van der Waals surface area contributed by atoms with Gasteiger partial charge in [-0.3, -0.25) is 0 Å². The lowest BCUT2D eigenvalue weighted by Gasteiger charge is -2.63. The quantitative estimate of drug-likeness (QED) is 0.103. The van der Waals surface area contributed by atoms with Crippen LogP contribution in [-0.4, -0.2) is 9.46 Å². The van der Waals surface area contributed by atoms with Crippen LogP contribution in [0.2, 0.25) is 0 Å². The summed E-state index contributed by atoms with van der Waals surface area (Å²) >= 11 is 2.62. The molecule has 0 amide bonds. The molecule has 182 valence electrons. The summed E-state index contributed by atoms with van der Waals surface area (Å²) in [5, 5.41) is 4.32. The molecule has 0 aromatic carbocycles. The third-order valence-electron chi connectivity index (χ3n) is 11.5. The predicted molar refractivity (Wildman–Crippen MR) is 144 cm³/mol. The number of hydrogen-bond acceptors (Lipinski definition) is 1. The largest absolute Gasteiger partial charge is 0.0865 e. The fourth-order valence-corrected chi connectivity index (χ4v) is 11.0. The van der Waals surface area contributed by atoms with Crippen molar-refractivity contribution in [3.05, 3.63) is 10.4 Å². The van der Waals surface area contributed by atoms with E-state index in [1.807, 2.05) is 0 Å². The third-order valence-corrected chi connectivity index (χ3v) is 13.3. The average molecular weight is 554 g/mol. The number of halogens is 1. The molecule has 4 rings (SSSR count). The van der Waals surface area contributed by atoms with Gasteiger partial charge in [0.05, 0.1) is 5.54 Å². The number of nitrogens with zero attached hydrogens (tertiary/aromatic N) is 3. The second kappa shape index (κ2) is 9.25. The van der Waals surface area contributed by atoms with Crippen LogP contribution in [0.1, 0.15) is 112 Å². The molecule has 0 heterocycles. The molecule has 4 saturated carbocycles. The predicted octanol–water partition coefficient (Wildman–Crippen LogP) is 9.59. The highest BCUT2D eigenvalue weighted by molar-refractivity contribution is 14.1. The van der Waals surface area contributed by atoms with Gasteiger partial charge in [-0.2, -0.15) is 0 Å². The van der Waals surface area contributed by atoms with E-state index in [-0.39, 0.29) is 5.54 Å². The maximum atomic E-state index is 9.19. The van der Waals surface area contributed by atoms with Crippen LogP contribution in [0.5, 0.6) is 0 Å². The van der Waals surface area contributed by atoms with Crippen molar-refractivity contribution in [3.8, 4) is 0 Å². The lowest BCUT2D eigenvalue weighted by Crippen LogP contribution is -2.58. The molecule has 0 spiro atoms. The highest BCUT2D eigenvalue weighted by atomic mass is 127. The zero-order valence-electron chi connectivity index (χ0n) is 21.6. The molecule has 4 aliphatic carbocycles. The number of rotatable bonds is 6. The highest BCUT2D eigenvalue weighted by Crippen LogP contribution is 2.69. The Morgan fingerprint density at radius 1 is 0.938 bits per heavy atom. The SMILES string of the molecule is CC(C)CCC[C@@H](C)[C@H]1CC[C@H]2[C@@H]3CC[C@H]4C[C@@](C)(N=[N+]=[N-])[C@H](I)C[C@]4(C)[C@H]3CC[C@]12C. The lowest BCUT2D eigenvalue weighted by atomic mass is 9.43. The Morgan fingerprint density at radius 3 is 2.34 bits per heavy atom. The number of fused-ring (bicyclic) bond motifs is 5. The fourth-order valence-electron chi connectivity index (χ4n) is 9.65. The fraction of sp³-hybridized carbons (Fsp3) is 1.00. The Balaban J connectivity index is 1.49. The third kappa shape index (κ3) is 4.16. The van der Waals surface area contributed by atoms with Gasteiger partial charge in [-0.15, -0.1) is 0 Å². The van der Waals surface area contributed by atoms with Crippen LogP contribution in [-0.2, 0) is 0 Å². The van der Waals surface area contributed by atoms with Gasteiger partial charge >= 0.3 is 0 Å². The molecule has 0 N–H and O–H groups in total. The first-order valence-electron chi connectivity index (χ1n) is 13.8. The maximum absolute atomic E-state index is 9.19. The molecule has 0 aromatic rings. The highest BCUT2D eigenvalue weighted by Gasteiger charge is 2.62. The van der Waals surface area contributed by atoms with Gasteiger partial charge in [-0.05, 0) is 109 Å². The molecule has 4 aliphatic rings. The molecule has 0 saturated heterocycles. The Labute approximate surface area is 211 Å². The van der Waals surface area contributed by atoms with Gasteiger partial charge in [-0.1, -0.05) is 88.5 Å². The van der Waals surface area contributed by atoms with Gasteiger partial charge in [0.1, 0.15) is 0 Å². The standard InChI is InChI=1S/C28H48IN3/c1-18(2)8-7-9-19(3)22-12-13-23-21-11-10-20-16-28(6,31-32-30)25(29)17-27(20,5)24(21)14-15-26(22,23)4/h18-25H,7-17H2,1-6H3/t19-,20+,21+,22-,23+,24+,25-,26-,27+,28-/m1/s1. The van der Waals surface area contributed by atoms with E-state index in [2.05, 4.69) is 74.2 Å². The summed E-state index contributed by atoms with van der Waals surface area (Å²) in [6, 6.07) is 0. The second-order valence-corrected chi connectivity index (χ2v) is 15.1. The van der Waals surface area contributed by atoms with Crippen molar-refractivity contribution >= 4 is 22.6 Å². The maximum Gasteiger partial charge on any atom is 0.0580 e. The van der Waals surface area contributed by atoms with E-state index in [1.165, 1.54) is 64.2 Å².